The standard InChI is InChI=1S/C11H16BrO5P/c1-14-8-17-11-5-4-9(6-10(11)12)7-18(13,15-2)16-3/h4-6H,7-8H2,1-3H3. The van der Waals surface area contributed by atoms with Crippen LogP contribution in [0.1, 0.15) is 5.56 Å². The summed E-state index contributed by atoms with van der Waals surface area (Å²) in [4.78, 5) is 0. The molecule has 18 heavy (non-hydrogen) atoms. The Morgan fingerprint density at radius 1 is 1.22 bits per heavy atom. The number of rotatable bonds is 7. The van der Waals surface area contributed by atoms with Crippen LogP contribution in [-0.2, 0) is 24.5 Å². The third kappa shape index (κ3) is 4.37. The Morgan fingerprint density at radius 3 is 2.39 bits per heavy atom. The van der Waals surface area contributed by atoms with Crippen molar-refractivity contribution in [3.8, 4) is 5.75 Å². The third-order valence-corrected chi connectivity index (χ3v) is 4.75. The van der Waals surface area contributed by atoms with E-state index in [0.29, 0.717) is 5.75 Å². The minimum Gasteiger partial charge on any atom is -0.466 e. The Bertz CT molecular complexity index is 429. The van der Waals surface area contributed by atoms with Crippen LogP contribution in [0.5, 0.6) is 5.75 Å². The second-order valence-corrected chi connectivity index (χ2v) is 6.57. The molecule has 0 atom stereocenters. The maximum atomic E-state index is 12.0. The number of benzene rings is 1. The first kappa shape index (κ1) is 15.7. The molecule has 0 saturated heterocycles. The van der Waals surface area contributed by atoms with Crippen LogP contribution in [0.3, 0.4) is 0 Å². The van der Waals surface area contributed by atoms with Gasteiger partial charge in [0.15, 0.2) is 6.79 Å². The number of hydrogen-bond donors (Lipinski definition) is 0. The lowest BCUT2D eigenvalue weighted by atomic mass is 10.2. The fraction of sp³-hybridized carbons (Fsp3) is 0.455. The number of methoxy groups -OCH3 is 1. The van der Waals surface area contributed by atoms with Crippen molar-refractivity contribution in [1.82, 2.24) is 0 Å². The highest BCUT2D eigenvalue weighted by molar-refractivity contribution is 9.10. The highest BCUT2D eigenvalue weighted by atomic mass is 79.9. The summed E-state index contributed by atoms with van der Waals surface area (Å²) in [5.41, 5.74) is 0.832. The topological polar surface area (TPSA) is 54.0 Å². The van der Waals surface area contributed by atoms with Crippen molar-refractivity contribution in [3.63, 3.8) is 0 Å². The molecule has 0 spiro atoms. The van der Waals surface area contributed by atoms with Crippen molar-refractivity contribution in [2.75, 3.05) is 28.1 Å². The van der Waals surface area contributed by atoms with Gasteiger partial charge in [-0.25, -0.2) is 0 Å². The quantitative estimate of drug-likeness (QED) is 0.563. The van der Waals surface area contributed by atoms with E-state index in [1.165, 1.54) is 14.2 Å². The van der Waals surface area contributed by atoms with Gasteiger partial charge in [0.1, 0.15) is 5.75 Å². The molecule has 0 aliphatic heterocycles. The van der Waals surface area contributed by atoms with E-state index in [2.05, 4.69) is 15.9 Å². The highest BCUT2D eigenvalue weighted by Gasteiger charge is 2.21. The first-order valence-electron chi connectivity index (χ1n) is 5.15. The average Bonchev–Trinajstić information content (AvgIpc) is 2.37. The zero-order valence-corrected chi connectivity index (χ0v) is 13.0. The van der Waals surface area contributed by atoms with Crippen molar-refractivity contribution in [2.24, 2.45) is 0 Å². The molecule has 1 rings (SSSR count). The van der Waals surface area contributed by atoms with Gasteiger partial charge in [-0.3, -0.25) is 4.57 Å². The molecular formula is C11H16BrO5P. The van der Waals surface area contributed by atoms with Gasteiger partial charge in [-0.05, 0) is 33.6 Å². The monoisotopic (exact) mass is 338 g/mol. The SMILES string of the molecule is COCOc1ccc(CP(=O)(OC)OC)cc1Br. The van der Waals surface area contributed by atoms with E-state index in [1.54, 1.807) is 19.2 Å². The van der Waals surface area contributed by atoms with Crippen molar-refractivity contribution in [2.45, 2.75) is 6.16 Å². The van der Waals surface area contributed by atoms with Gasteiger partial charge >= 0.3 is 7.60 Å². The van der Waals surface area contributed by atoms with Crippen molar-refractivity contribution < 1.29 is 23.1 Å². The summed E-state index contributed by atoms with van der Waals surface area (Å²) in [7, 11) is 1.25. The van der Waals surface area contributed by atoms with Crippen molar-refractivity contribution >= 4 is 23.5 Å². The second kappa shape index (κ2) is 7.26. The third-order valence-electron chi connectivity index (χ3n) is 2.26. The van der Waals surface area contributed by atoms with E-state index in [9.17, 15) is 4.57 Å². The lowest BCUT2D eigenvalue weighted by molar-refractivity contribution is 0.0506. The first-order chi connectivity index (χ1) is 8.54. The Balaban J connectivity index is 2.81. The van der Waals surface area contributed by atoms with Gasteiger partial charge in [-0.1, -0.05) is 6.07 Å². The molecule has 0 aromatic heterocycles. The largest absolute Gasteiger partial charge is 0.466 e. The molecule has 0 N–H and O–H groups in total. The predicted octanol–water partition coefficient (Wildman–Crippen LogP) is 3.42. The van der Waals surface area contributed by atoms with Crippen LogP contribution in [0.2, 0.25) is 0 Å². The van der Waals surface area contributed by atoms with E-state index in [1.807, 2.05) is 6.07 Å². The van der Waals surface area contributed by atoms with Crippen LogP contribution in [0.4, 0.5) is 0 Å². The maximum Gasteiger partial charge on any atom is 0.334 e. The van der Waals surface area contributed by atoms with Crippen molar-refractivity contribution in [1.29, 1.82) is 0 Å². The van der Waals surface area contributed by atoms with E-state index in [-0.39, 0.29) is 13.0 Å². The second-order valence-electron chi connectivity index (χ2n) is 3.45. The molecule has 1 aromatic rings. The predicted molar refractivity (Wildman–Crippen MR) is 72.0 cm³/mol. The molecule has 0 bridgehead atoms. The van der Waals surface area contributed by atoms with Gasteiger partial charge in [0, 0.05) is 21.3 Å². The van der Waals surface area contributed by atoms with Gasteiger partial charge in [-0.15, -0.1) is 0 Å². The maximum absolute atomic E-state index is 12.0. The Labute approximate surface area is 115 Å². The van der Waals surface area contributed by atoms with Gasteiger partial charge in [-0.2, -0.15) is 0 Å². The molecule has 5 nitrogen and oxygen atoms in total. The van der Waals surface area contributed by atoms with E-state index in [0.717, 1.165) is 10.0 Å². The van der Waals surface area contributed by atoms with Gasteiger partial charge < -0.3 is 18.5 Å². The molecular weight excluding hydrogens is 323 g/mol. The molecule has 1 aromatic carbocycles. The van der Waals surface area contributed by atoms with Crippen LogP contribution in [0.15, 0.2) is 22.7 Å². The number of hydrogen-bond acceptors (Lipinski definition) is 5. The summed E-state index contributed by atoms with van der Waals surface area (Å²) in [5, 5.41) is 0. The van der Waals surface area contributed by atoms with Crippen LogP contribution >= 0.6 is 23.5 Å². The molecule has 7 heteroatoms. The summed E-state index contributed by atoms with van der Waals surface area (Å²) in [5.74, 6) is 0.658. The number of halogens is 1. The van der Waals surface area contributed by atoms with Crippen molar-refractivity contribution in [3.05, 3.63) is 28.2 Å². The molecule has 0 aliphatic rings. The first-order valence-corrected chi connectivity index (χ1v) is 7.67. The average molecular weight is 339 g/mol. The van der Waals surface area contributed by atoms with Crippen LogP contribution in [0, 0.1) is 0 Å². The molecule has 0 saturated carbocycles. The molecule has 0 radical (unpaired) electrons. The summed E-state index contributed by atoms with van der Waals surface area (Å²) >= 11 is 3.38. The summed E-state index contributed by atoms with van der Waals surface area (Å²) < 4.78 is 32.7. The Kier molecular flexibility index (Phi) is 6.32. The van der Waals surface area contributed by atoms with Gasteiger partial charge in [0.05, 0.1) is 10.6 Å². The number of ether oxygens (including phenoxy) is 2. The molecule has 0 heterocycles. The van der Waals surface area contributed by atoms with Gasteiger partial charge in [0.2, 0.25) is 0 Å². The summed E-state index contributed by atoms with van der Waals surface area (Å²) in [6.45, 7) is 0.173. The van der Waals surface area contributed by atoms with E-state index < -0.39 is 7.60 Å². The lowest BCUT2D eigenvalue weighted by Crippen LogP contribution is -2.00. The Hall–Kier alpha value is -0.390. The molecule has 102 valence electrons. The Morgan fingerprint density at radius 2 is 1.89 bits per heavy atom. The fourth-order valence-corrected chi connectivity index (χ4v) is 2.90. The fourth-order valence-electron chi connectivity index (χ4n) is 1.31. The normalized spacial score (nSPS) is 11.6. The van der Waals surface area contributed by atoms with Crippen LogP contribution in [-0.4, -0.2) is 28.1 Å². The summed E-state index contributed by atoms with van der Waals surface area (Å²) in [6.07, 6.45) is 0.211. The minimum atomic E-state index is -3.05. The van der Waals surface area contributed by atoms with Crippen LogP contribution < -0.4 is 4.74 Å². The molecule has 0 amide bonds. The molecule has 0 fully saturated rings. The lowest BCUT2D eigenvalue weighted by Gasteiger charge is -2.14. The zero-order chi connectivity index (χ0) is 13.6. The highest BCUT2D eigenvalue weighted by Crippen LogP contribution is 2.50. The smallest absolute Gasteiger partial charge is 0.334 e. The molecule has 0 aliphatic carbocycles. The minimum absolute atomic E-state index is 0.173. The molecule has 0 unspecified atom stereocenters. The zero-order valence-electron chi connectivity index (χ0n) is 10.5. The van der Waals surface area contributed by atoms with Crippen LogP contribution in [0.25, 0.3) is 0 Å². The van der Waals surface area contributed by atoms with E-state index in [4.69, 9.17) is 18.5 Å². The van der Waals surface area contributed by atoms with Gasteiger partial charge in [0.25, 0.3) is 0 Å². The summed E-state index contributed by atoms with van der Waals surface area (Å²) in [6, 6.07) is 5.39. The van der Waals surface area contributed by atoms with E-state index >= 15 is 0 Å².